The quantitative estimate of drug-likeness (QED) is 0.827. The molecule has 0 saturated carbocycles. The molecule has 1 unspecified atom stereocenters. The van der Waals surface area contributed by atoms with Crippen molar-refractivity contribution in [2.75, 3.05) is 6.61 Å². The van der Waals surface area contributed by atoms with Gasteiger partial charge in [0.1, 0.15) is 5.75 Å². The maximum Gasteiger partial charge on any atom is 0.122 e. The summed E-state index contributed by atoms with van der Waals surface area (Å²) in [5, 5.41) is 18.1. The van der Waals surface area contributed by atoms with Crippen LogP contribution in [0.5, 0.6) is 5.75 Å². The van der Waals surface area contributed by atoms with E-state index >= 15 is 0 Å². The average molecular weight is 290 g/mol. The molecule has 0 N–H and O–H groups in total. The van der Waals surface area contributed by atoms with Crippen molar-refractivity contribution in [1.82, 2.24) is 0 Å². The van der Waals surface area contributed by atoms with Crippen molar-refractivity contribution >= 4 is 0 Å². The molecule has 3 nitrogen and oxygen atoms in total. The molecule has 2 aromatic rings. The number of hydrogen-bond donors (Lipinski definition) is 0. The second-order valence-electron chi connectivity index (χ2n) is 5.32. The number of nitrogens with zero attached hydrogens (tertiary/aromatic N) is 2. The second kappa shape index (κ2) is 7.29. The van der Waals surface area contributed by atoms with E-state index in [1.165, 1.54) is 5.56 Å². The van der Waals surface area contributed by atoms with Gasteiger partial charge in [0, 0.05) is 6.42 Å². The molecule has 0 aromatic heterocycles. The molecule has 0 bridgehead atoms. The molecule has 0 radical (unpaired) electrons. The van der Waals surface area contributed by atoms with Gasteiger partial charge in [-0.3, -0.25) is 0 Å². The van der Waals surface area contributed by atoms with Crippen molar-refractivity contribution in [3.05, 3.63) is 64.7 Å². The summed E-state index contributed by atoms with van der Waals surface area (Å²) in [7, 11) is 0. The summed E-state index contributed by atoms with van der Waals surface area (Å²) in [6, 6.07) is 17.6. The summed E-state index contributed by atoms with van der Waals surface area (Å²) >= 11 is 0. The Hall–Kier alpha value is -2.78. The molecule has 110 valence electrons. The fourth-order valence-corrected chi connectivity index (χ4v) is 2.34. The number of rotatable bonds is 5. The van der Waals surface area contributed by atoms with Gasteiger partial charge in [-0.05, 0) is 43.2 Å². The molecule has 0 aliphatic carbocycles. The van der Waals surface area contributed by atoms with Crippen molar-refractivity contribution in [1.29, 1.82) is 10.5 Å². The third kappa shape index (κ3) is 3.87. The van der Waals surface area contributed by atoms with Gasteiger partial charge in [0.05, 0.1) is 30.2 Å². The van der Waals surface area contributed by atoms with E-state index in [2.05, 4.69) is 18.2 Å². The number of nitriles is 2. The summed E-state index contributed by atoms with van der Waals surface area (Å²) in [5.41, 5.74) is 3.84. The third-order valence-electron chi connectivity index (χ3n) is 3.59. The fraction of sp³-hybridized carbons (Fsp3) is 0.263. The zero-order chi connectivity index (χ0) is 15.9. The molecule has 0 spiro atoms. The standard InChI is InChI=1S/C19H18N2O/c1-14-3-8-19(15(2)11-14)22-10-9-18(13-21)17-6-4-16(12-20)5-7-17/h3-8,11,18H,9-10H2,1-2H3. The highest BCUT2D eigenvalue weighted by Crippen LogP contribution is 2.22. The highest BCUT2D eigenvalue weighted by atomic mass is 16.5. The molecule has 1 atom stereocenters. The first-order valence-corrected chi connectivity index (χ1v) is 7.24. The first kappa shape index (κ1) is 15.6. The summed E-state index contributed by atoms with van der Waals surface area (Å²) in [5.74, 6) is 0.639. The van der Waals surface area contributed by atoms with Crippen LogP contribution in [0, 0.1) is 36.5 Å². The van der Waals surface area contributed by atoms with Crippen LogP contribution in [0.2, 0.25) is 0 Å². The van der Waals surface area contributed by atoms with Crippen molar-refractivity contribution in [2.45, 2.75) is 26.2 Å². The van der Waals surface area contributed by atoms with Gasteiger partial charge in [-0.1, -0.05) is 29.8 Å². The Labute approximate surface area is 131 Å². The molecule has 22 heavy (non-hydrogen) atoms. The average Bonchev–Trinajstić information content (AvgIpc) is 2.53. The molecule has 0 fully saturated rings. The Balaban J connectivity index is 1.96. The molecule has 0 saturated heterocycles. The normalized spacial score (nSPS) is 11.3. The Morgan fingerprint density at radius 1 is 1.05 bits per heavy atom. The summed E-state index contributed by atoms with van der Waals surface area (Å²) in [6.45, 7) is 4.56. The van der Waals surface area contributed by atoms with Crippen LogP contribution in [0.4, 0.5) is 0 Å². The van der Waals surface area contributed by atoms with Gasteiger partial charge in [0.15, 0.2) is 0 Å². The monoisotopic (exact) mass is 290 g/mol. The van der Waals surface area contributed by atoms with E-state index in [1.54, 1.807) is 12.1 Å². The molecular weight excluding hydrogens is 272 g/mol. The van der Waals surface area contributed by atoms with E-state index in [4.69, 9.17) is 10.00 Å². The lowest BCUT2D eigenvalue weighted by Gasteiger charge is -2.12. The topological polar surface area (TPSA) is 56.8 Å². The lowest BCUT2D eigenvalue weighted by molar-refractivity contribution is 0.304. The second-order valence-corrected chi connectivity index (χ2v) is 5.32. The fourth-order valence-electron chi connectivity index (χ4n) is 2.34. The van der Waals surface area contributed by atoms with E-state index in [9.17, 15) is 5.26 Å². The highest BCUT2D eigenvalue weighted by molar-refractivity contribution is 5.36. The van der Waals surface area contributed by atoms with Gasteiger partial charge < -0.3 is 4.74 Å². The Morgan fingerprint density at radius 2 is 1.77 bits per heavy atom. The van der Waals surface area contributed by atoms with Gasteiger partial charge in [0.2, 0.25) is 0 Å². The smallest absolute Gasteiger partial charge is 0.122 e. The molecule has 2 rings (SSSR count). The summed E-state index contributed by atoms with van der Waals surface area (Å²) in [4.78, 5) is 0. The first-order chi connectivity index (χ1) is 10.6. The summed E-state index contributed by atoms with van der Waals surface area (Å²) < 4.78 is 5.79. The molecule has 0 aliphatic rings. The number of hydrogen-bond acceptors (Lipinski definition) is 3. The molecular formula is C19H18N2O. The van der Waals surface area contributed by atoms with Crippen LogP contribution in [0.15, 0.2) is 42.5 Å². The maximum absolute atomic E-state index is 9.32. The Bertz CT molecular complexity index is 721. The van der Waals surface area contributed by atoms with E-state index in [-0.39, 0.29) is 5.92 Å². The molecule has 0 aliphatic heterocycles. The lowest BCUT2D eigenvalue weighted by Crippen LogP contribution is -2.05. The minimum Gasteiger partial charge on any atom is -0.493 e. The number of benzene rings is 2. The van der Waals surface area contributed by atoms with Crippen LogP contribution in [-0.2, 0) is 0 Å². The van der Waals surface area contributed by atoms with E-state index in [0.29, 0.717) is 18.6 Å². The minimum absolute atomic E-state index is 0.224. The van der Waals surface area contributed by atoms with Crippen molar-refractivity contribution in [2.24, 2.45) is 0 Å². The highest BCUT2D eigenvalue weighted by Gasteiger charge is 2.11. The SMILES string of the molecule is Cc1ccc(OCCC(C#N)c2ccc(C#N)cc2)c(C)c1. The minimum atomic E-state index is -0.224. The van der Waals surface area contributed by atoms with Crippen LogP contribution in [0.3, 0.4) is 0 Å². The predicted octanol–water partition coefficient (Wildman–Crippen LogP) is 4.25. The summed E-state index contributed by atoms with van der Waals surface area (Å²) in [6.07, 6.45) is 0.621. The molecule has 2 aromatic carbocycles. The molecule has 0 amide bonds. The van der Waals surface area contributed by atoms with Gasteiger partial charge in [0.25, 0.3) is 0 Å². The van der Waals surface area contributed by atoms with E-state index in [0.717, 1.165) is 16.9 Å². The first-order valence-electron chi connectivity index (χ1n) is 7.24. The van der Waals surface area contributed by atoms with Crippen LogP contribution >= 0.6 is 0 Å². The molecule has 0 heterocycles. The lowest BCUT2D eigenvalue weighted by atomic mass is 9.97. The van der Waals surface area contributed by atoms with Crippen molar-refractivity contribution in [3.8, 4) is 17.9 Å². The number of aryl methyl sites for hydroxylation is 2. The van der Waals surface area contributed by atoms with Crippen LogP contribution < -0.4 is 4.74 Å². The number of ether oxygens (including phenoxy) is 1. The zero-order valence-electron chi connectivity index (χ0n) is 12.8. The van der Waals surface area contributed by atoms with Gasteiger partial charge in [-0.15, -0.1) is 0 Å². The van der Waals surface area contributed by atoms with Crippen molar-refractivity contribution in [3.63, 3.8) is 0 Å². The van der Waals surface area contributed by atoms with Crippen LogP contribution in [0.25, 0.3) is 0 Å². The molecule has 3 heteroatoms. The van der Waals surface area contributed by atoms with Crippen LogP contribution in [-0.4, -0.2) is 6.61 Å². The van der Waals surface area contributed by atoms with Crippen LogP contribution in [0.1, 0.15) is 34.6 Å². The largest absolute Gasteiger partial charge is 0.493 e. The zero-order valence-corrected chi connectivity index (χ0v) is 12.8. The Kier molecular flexibility index (Phi) is 5.17. The van der Waals surface area contributed by atoms with E-state index < -0.39 is 0 Å². The van der Waals surface area contributed by atoms with Gasteiger partial charge >= 0.3 is 0 Å². The maximum atomic E-state index is 9.32. The van der Waals surface area contributed by atoms with Crippen molar-refractivity contribution < 1.29 is 4.74 Å². The Morgan fingerprint density at radius 3 is 2.36 bits per heavy atom. The van der Waals surface area contributed by atoms with Gasteiger partial charge in [-0.25, -0.2) is 0 Å². The van der Waals surface area contributed by atoms with Gasteiger partial charge in [-0.2, -0.15) is 10.5 Å². The predicted molar refractivity (Wildman–Crippen MR) is 85.5 cm³/mol. The third-order valence-corrected chi connectivity index (χ3v) is 3.59. The van der Waals surface area contributed by atoms with E-state index in [1.807, 2.05) is 38.1 Å².